The highest BCUT2D eigenvalue weighted by atomic mass is 16.5. The van der Waals surface area contributed by atoms with E-state index in [0.717, 1.165) is 49.0 Å². The molecule has 0 radical (unpaired) electrons. The summed E-state index contributed by atoms with van der Waals surface area (Å²) in [7, 11) is 0. The number of rotatable bonds is 13. The Balaban J connectivity index is 1.66. The van der Waals surface area contributed by atoms with Crippen molar-refractivity contribution in [1.29, 1.82) is 0 Å². The summed E-state index contributed by atoms with van der Waals surface area (Å²) < 4.78 is 5.89. The number of urea groups is 1. The molecule has 0 unspecified atom stereocenters. The lowest BCUT2D eigenvalue weighted by molar-refractivity contribution is -0.130. The van der Waals surface area contributed by atoms with Gasteiger partial charge in [0.15, 0.2) is 0 Å². The number of nitrogens with one attached hydrogen (secondary N) is 3. The van der Waals surface area contributed by atoms with E-state index < -0.39 is 12.1 Å². The van der Waals surface area contributed by atoms with Crippen LogP contribution in [-0.4, -0.2) is 54.5 Å². The van der Waals surface area contributed by atoms with E-state index in [-0.39, 0.29) is 23.8 Å². The number of nitrogens with zero attached hydrogens (tertiary/aromatic N) is 1. The number of amides is 4. The van der Waals surface area contributed by atoms with Crippen LogP contribution in [0.2, 0.25) is 0 Å². The van der Waals surface area contributed by atoms with E-state index in [2.05, 4.69) is 16.0 Å². The second kappa shape index (κ2) is 16.5. The van der Waals surface area contributed by atoms with Crippen LogP contribution in [0.25, 0.3) is 0 Å². The lowest BCUT2D eigenvalue weighted by atomic mass is 10.0. The Morgan fingerprint density at radius 2 is 1.50 bits per heavy atom. The summed E-state index contributed by atoms with van der Waals surface area (Å²) in [6.45, 7) is 8.43. The molecular weight excluding hydrogens is 504 g/mol. The Kier molecular flexibility index (Phi) is 12.8. The normalized spacial score (nSPS) is 15.1. The smallest absolute Gasteiger partial charge is 0.318 e. The number of carbonyl (C=O) groups excluding carboxylic acids is 3. The van der Waals surface area contributed by atoms with Crippen LogP contribution >= 0.6 is 0 Å². The van der Waals surface area contributed by atoms with Gasteiger partial charge >= 0.3 is 6.03 Å². The zero-order valence-electron chi connectivity index (χ0n) is 24.3. The van der Waals surface area contributed by atoms with Gasteiger partial charge in [0.05, 0.1) is 0 Å². The number of ether oxygens (including phenoxy) is 1. The maximum atomic E-state index is 13.5. The van der Waals surface area contributed by atoms with Gasteiger partial charge in [0.2, 0.25) is 11.8 Å². The Morgan fingerprint density at radius 1 is 0.825 bits per heavy atom. The largest absolute Gasteiger partial charge is 0.489 e. The highest BCUT2D eigenvalue weighted by Gasteiger charge is 2.29. The van der Waals surface area contributed by atoms with Crippen LogP contribution in [0, 0.1) is 5.92 Å². The molecule has 0 aromatic heterocycles. The first-order valence-electron chi connectivity index (χ1n) is 14.7. The second-order valence-corrected chi connectivity index (χ2v) is 11.0. The fourth-order valence-corrected chi connectivity index (χ4v) is 4.77. The standard InChI is InChI=1S/C32H46N4O4/c1-4-18-33-30(37)29(22-25-14-16-27(17-15-25)40-23-26-12-8-7-9-13-26)34-31(38)28(21-24(2)3)35-32(39)36-19-10-5-6-11-20-36/h7-9,12-17,24,28-29H,4-6,10-11,18-23H2,1-3H3,(H,33,37)(H,34,38)(H,35,39)/t28-,29-/m0/s1. The first-order chi connectivity index (χ1) is 19.4. The van der Waals surface area contributed by atoms with Gasteiger partial charge in [0.1, 0.15) is 24.4 Å². The summed E-state index contributed by atoms with van der Waals surface area (Å²) in [6, 6.07) is 15.9. The van der Waals surface area contributed by atoms with Gasteiger partial charge in [-0.25, -0.2) is 4.79 Å². The molecule has 1 aliphatic rings. The van der Waals surface area contributed by atoms with Crippen LogP contribution in [0.4, 0.5) is 4.79 Å². The van der Waals surface area contributed by atoms with Crippen molar-refractivity contribution in [3.05, 3.63) is 65.7 Å². The van der Waals surface area contributed by atoms with Gasteiger partial charge in [-0.3, -0.25) is 9.59 Å². The highest BCUT2D eigenvalue weighted by molar-refractivity contribution is 5.92. The number of hydrogen-bond acceptors (Lipinski definition) is 4. The molecule has 3 N–H and O–H groups in total. The molecule has 1 heterocycles. The third kappa shape index (κ3) is 10.5. The molecule has 4 amide bonds. The molecular formula is C32H46N4O4. The minimum absolute atomic E-state index is 0.191. The van der Waals surface area contributed by atoms with Gasteiger partial charge in [-0.05, 0) is 54.9 Å². The molecule has 1 saturated heterocycles. The van der Waals surface area contributed by atoms with Crippen molar-refractivity contribution < 1.29 is 19.1 Å². The van der Waals surface area contributed by atoms with Crippen LogP contribution in [0.1, 0.15) is 70.4 Å². The van der Waals surface area contributed by atoms with Crippen molar-refractivity contribution in [2.75, 3.05) is 19.6 Å². The average molecular weight is 551 g/mol. The predicted octanol–water partition coefficient (Wildman–Crippen LogP) is 4.82. The Morgan fingerprint density at radius 3 is 2.12 bits per heavy atom. The summed E-state index contributed by atoms with van der Waals surface area (Å²) in [6.07, 6.45) is 5.80. The summed E-state index contributed by atoms with van der Waals surface area (Å²) in [4.78, 5) is 41.4. The van der Waals surface area contributed by atoms with Gasteiger partial charge in [0, 0.05) is 26.1 Å². The van der Waals surface area contributed by atoms with E-state index in [4.69, 9.17) is 4.74 Å². The van der Waals surface area contributed by atoms with Crippen LogP contribution in [-0.2, 0) is 22.6 Å². The summed E-state index contributed by atoms with van der Waals surface area (Å²) in [5.74, 6) is 0.353. The minimum Gasteiger partial charge on any atom is -0.489 e. The monoisotopic (exact) mass is 550 g/mol. The zero-order chi connectivity index (χ0) is 28.7. The zero-order valence-corrected chi connectivity index (χ0v) is 24.3. The number of carbonyl (C=O) groups is 3. The van der Waals surface area contributed by atoms with Gasteiger partial charge in [-0.1, -0.05) is 76.1 Å². The van der Waals surface area contributed by atoms with Crippen molar-refractivity contribution in [3.8, 4) is 5.75 Å². The fraction of sp³-hybridized carbons (Fsp3) is 0.531. The fourth-order valence-electron chi connectivity index (χ4n) is 4.77. The Labute approximate surface area is 239 Å². The molecule has 8 heteroatoms. The molecule has 0 aliphatic carbocycles. The Hall–Kier alpha value is -3.55. The van der Waals surface area contributed by atoms with Gasteiger partial charge < -0.3 is 25.6 Å². The van der Waals surface area contributed by atoms with Gasteiger partial charge in [-0.15, -0.1) is 0 Å². The minimum atomic E-state index is -0.764. The molecule has 0 bridgehead atoms. The quantitative estimate of drug-likeness (QED) is 0.333. The Bertz CT molecular complexity index is 1050. The first-order valence-corrected chi connectivity index (χ1v) is 14.7. The molecule has 3 rings (SSSR count). The van der Waals surface area contributed by atoms with E-state index >= 15 is 0 Å². The van der Waals surface area contributed by atoms with Gasteiger partial charge in [-0.2, -0.15) is 0 Å². The molecule has 0 spiro atoms. The van der Waals surface area contributed by atoms with Crippen molar-refractivity contribution in [3.63, 3.8) is 0 Å². The maximum Gasteiger partial charge on any atom is 0.318 e. The molecule has 2 atom stereocenters. The van der Waals surface area contributed by atoms with Crippen molar-refractivity contribution in [1.82, 2.24) is 20.9 Å². The molecule has 2 aromatic rings. The molecule has 1 aliphatic heterocycles. The van der Waals surface area contributed by atoms with Crippen LogP contribution < -0.4 is 20.7 Å². The maximum absolute atomic E-state index is 13.5. The third-order valence-electron chi connectivity index (χ3n) is 7.01. The second-order valence-electron chi connectivity index (χ2n) is 11.0. The van der Waals surface area contributed by atoms with Gasteiger partial charge in [0.25, 0.3) is 0 Å². The summed E-state index contributed by atoms with van der Waals surface area (Å²) in [5.41, 5.74) is 1.99. The lowest BCUT2D eigenvalue weighted by Crippen LogP contribution is -2.56. The van der Waals surface area contributed by atoms with Crippen molar-refractivity contribution in [2.45, 2.75) is 84.4 Å². The average Bonchev–Trinajstić information content (AvgIpc) is 3.25. The third-order valence-corrected chi connectivity index (χ3v) is 7.01. The number of likely N-dealkylation sites (tertiary alicyclic amines) is 1. The number of benzene rings is 2. The first kappa shape index (κ1) is 31.0. The molecule has 40 heavy (non-hydrogen) atoms. The topological polar surface area (TPSA) is 99.8 Å². The molecule has 0 saturated carbocycles. The molecule has 8 nitrogen and oxygen atoms in total. The van der Waals surface area contributed by atoms with E-state index in [1.165, 1.54) is 0 Å². The lowest BCUT2D eigenvalue weighted by Gasteiger charge is -2.27. The van der Waals surface area contributed by atoms with E-state index in [0.29, 0.717) is 39.1 Å². The predicted molar refractivity (Wildman–Crippen MR) is 158 cm³/mol. The van der Waals surface area contributed by atoms with E-state index in [1.807, 2.05) is 75.4 Å². The van der Waals surface area contributed by atoms with Crippen molar-refractivity contribution >= 4 is 17.8 Å². The van der Waals surface area contributed by atoms with Crippen LogP contribution in [0.3, 0.4) is 0 Å². The van der Waals surface area contributed by atoms with E-state index in [1.54, 1.807) is 4.90 Å². The van der Waals surface area contributed by atoms with Crippen LogP contribution in [0.15, 0.2) is 54.6 Å². The van der Waals surface area contributed by atoms with Crippen LogP contribution in [0.5, 0.6) is 5.75 Å². The molecule has 218 valence electrons. The van der Waals surface area contributed by atoms with E-state index in [9.17, 15) is 14.4 Å². The summed E-state index contributed by atoms with van der Waals surface area (Å²) in [5, 5.41) is 8.82. The number of hydrogen-bond donors (Lipinski definition) is 3. The summed E-state index contributed by atoms with van der Waals surface area (Å²) >= 11 is 0. The highest BCUT2D eigenvalue weighted by Crippen LogP contribution is 2.16. The molecule has 1 fully saturated rings. The SMILES string of the molecule is CCCNC(=O)[C@H](Cc1ccc(OCc2ccccc2)cc1)NC(=O)[C@H](CC(C)C)NC(=O)N1CCCCCC1. The molecule has 2 aromatic carbocycles. The van der Waals surface area contributed by atoms with Crippen molar-refractivity contribution in [2.24, 2.45) is 5.92 Å².